The highest BCUT2D eigenvalue weighted by molar-refractivity contribution is 5.94. The van der Waals surface area contributed by atoms with E-state index in [9.17, 15) is 4.79 Å². The van der Waals surface area contributed by atoms with Crippen molar-refractivity contribution in [1.29, 1.82) is 0 Å². The monoisotopic (exact) mass is 306 g/mol. The van der Waals surface area contributed by atoms with Gasteiger partial charge >= 0.3 is 0 Å². The molecule has 3 aromatic rings. The number of nitrogens with zero attached hydrogens (tertiary/aromatic N) is 2. The molecule has 0 radical (unpaired) electrons. The normalized spacial score (nSPS) is 12.0. The van der Waals surface area contributed by atoms with E-state index in [1.807, 2.05) is 59.4 Å². The maximum atomic E-state index is 11.9. The summed E-state index contributed by atoms with van der Waals surface area (Å²) < 4.78 is 1.87. The van der Waals surface area contributed by atoms with E-state index in [2.05, 4.69) is 17.0 Å². The summed E-state index contributed by atoms with van der Waals surface area (Å²) in [6.07, 6.45) is 3.92. The molecule has 23 heavy (non-hydrogen) atoms. The van der Waals surface area contributed by atoms with Crippen LogP contribution in [0.1, 0.15) is 6.42 Å². The quantitative estimate of drug-likeness (QED) is 0.712. The highest BCUT2D eigenvalue weighted by Crippen LogP contribution is 2.19. The summed E-state index contributed by atoms with van der Waals surface area (Å²) in [7, 11) is 0. The topological polar surface area (TPSA) is 72.9 Å². The molecule has 1 amide bonds. The number of carbonyl (C=O) groups is 1. The SMILES string of the molecule is C=CCC(N)C(=O)Nc1ccc(-n2ncc3ccccc32)cc1. The van der Waals surface area contributed by atoms with Crippen molar-refractivity contribution in [2.45, 2.75) is 12.5 Å². The van der Waals surface area contributed by atoms with Crippen molar-refractivity contribution in [3.05, 3.63) is 67.4 Å². The highest BCUT2D eigenvalue weighted by atomic mass is 16.2. The predicted octanol–water partition coefficient (Wildman–Crippen LogP) is 2.87. The second-order valence-electron chi connectivity index (χ2n) is 5.28. The van der Waals surface area contributed by atoms with Gasteiger partial charge < -0.3 is 11.1 Å². The Morgan fingerprint density at radius 3 is 2.74 bits per heavy atom. The fourth-order valence-electron chi connectivity index (χ4n) is 2.38. The summed E-state index contributed by atoms with van der Waals surface area (Å²) in [5.41, 5.74) is 8.42. The van der Waals surface area contributed by atoms with Gasteiger partial charge in [-0.1, -0.05) is 24.3 Å². The van der Waals surface area contributed by atoms with E-state index in [4.69, 9.17) is 5.73 Å². The van der Waals surface area contributed by atoms with Crippen LogP contribution in [0.15, 0.2) is 67.4 Å². The summed E-state index contributed by atoms with van der Waals surface area (Å²) in [4.78, 5) is 11.9. The number of nitrogens with two attached hydrogens (primary N) is 1. The van der Waals surface area contributed by atoms with Crippen LogP contribution in [0.2, 0.25) is 0 Å². The molecular weight excluding hydrogens is 288 g/mol. The first-order valence-corrected chi connectivity index (χ1v) is 7.39. The zero-order valence-electron chi connectivity index (χ0n) is 12.6. The molecule has 1 unspecified atom stereocenters. The van der Waals surface area contributed by atoms with E-state index in [-0.39, 0.29) is 5.91 Å². The lowest BCUT2D eigenvalue weighted by Crippen LogP contribution is -2.35. The molecular formula is C18H18N4O. The van der Waals surface area contributed by atoms with Gasteiger partial charge in [-0.25, -0.2) is 4.68 Å². The molecule has 0 bridgehead atoms. The van der Waals surface area contributed by atoms with Crippen LogP contribution >= 0.6 is 0 Å². The molecule has 1 atom stereocenters. The van der Waals surface area contributed by atoms with Crippen LogP contribution in [0, 0.1) is 0 Å². The molecule has 5 nitrogen and oxygen atoms in total. The molecule has 2 aromatic carbocycles. The first-order valence-electron chi connectivity index (χ1n) is 7.39. The summed E-state index contributed by atoms with van der Waals surface area (Å²) in [5.74, 6) is -0.220. The average molecular weight is 306 g/mol. The number of fused-ring (bicyclic) bond motifs is 1. The zero-order chi connectivity index (χ0) is 16.2. The van der Waals surface area contributed by atoms with Crippen molar-refractivity contribution >= 4 is 22.5 Å². The maximum Gasteiger partial charge on any atom is 0.241 e. The maximum absolute atomic E-state index is 11.9. The highest BCUT2D eigenvalue weighted by Gasteiger charge is 2.11. The number of rotatable bonds is 5. The Hall–Kier alpha value is -2.92. The number of hydrogen-bond acceptors (Lipinski definition) is 3. The molecule has 1 heterocycles. The van der Waals surface area contributed by atoms with Gasteiger partial charge in [0.05, 0.1) is 23.4 Å². The van der Waals surface area contributed by atoms with Crippen LogP contribution in [-0.2, 0) is 4.79 Å². The molecule has 3 rings (SSSR count). The first-order chi connectivity index (χ1) is 11.2. The molecule has 0 saturated carbocycles. The third kappa shape index (κ3) is 3.14. The molecule has 0 aliphatic carbocycles. The molecule has 0 aliphatic heterocycles. The van der Waals surface area contributed by atoms with E-state index in [0.717, 1.165) is 16.6 Å². The van der Waals surface area contributed by atoms with Crippen LogP contribution in [-0.4, -0.2) is 21.7 Å². The number of anilines is 1. The van der Waals surface area contributed by atoms with Crippen LogP contribution in [0.5, 0.6) is 0 Å². The van der Waals surface area contributed by atoms with Gasteiger partial charge in [0, 0.05) is 11.1 Å². The molecule has 0 saturated heterocycles. The summed E-state index contributed by atoms with van der Waals surface area (Å²) in [6.45, 7) is 3.59. The van der Waals surface area contributed by atoms with E-state index in [0.29, 0.717) is 12.1 Å². The molecule has 3 N–H and O–H groups in total. The number of benzene rings is 2. The molecule has 0 aliphatic rings. The minimum atomic E-state index is -0.581. The first kappa shape index (κ1) is 15.0. The Kier molecular flexibility index (Phi) is 4.21. The van der Waals surface area contributed by atoms with Gasteiger partial charge in [0.1, 0.15) is 0 Å². The largest absolute Gasteiger partial charge is 0.325 e. The smallest absolute Gasteiger partial charge is 0.241 e. The Morgan fingerprint density at radius 1 is 1.26 bits per heavy atom. The number of amides is 1. The Bertz CT molecular complexity index is 836. The van der Waals surface area contributed by atoms with Gasteiger partial charge in [0.15, 0.2) is 0 Å². The van der Waals surface area contributed by atoms with E-state index >= 15 is 0 Å². The summed E-state index contributed by atoms with van der Waals surface area (Å²) >= 11 is 0. The third-order valence-corrected chi connectivity index (χ3v) is 3.61. The van der Waals surface area contributed by atoms with Crippen molar-refractivity contribution in [2.24, 2.45) is 5.73 Å². The van der Waals surface area contributed by atoms with Gasteiger partial charge in [-0.3, -0.25) is 4.79 Å². The number of nitrogens with one attached hydrogen (secondary N) is 1. The number of hydrogen-bond donors (Lipinski definition) is 2. The van der Waals surface area contributed by atoms with Crippen LogP contribution < -0.4 is 11.1 Å². The van der Waals surface area contributed by atoms with Crippen molar-refractivity contribution < 1.29 is 4.79 Å². The van der Waals surface area contributed by atoms with Crippen molar-refractivity contribution in [3.8, 4) is 5.69 Å². The van der Waals surface area contributed by atoms with E-state index < -0.39 is 6.04 Å². The molecule has 5 heteroatoms. The Morgan fingerprint density at radius 2 is 2.00 bits per heavy atom. The third-order valence-electron chi connectivity index (χ3n) is 3.61. The minimum Gasteiger partial charge on any atom is -0.325 e. The molecule has 0 spiro atoms. The number of para-hydroxylation sites is 1. The zero-order valence-corrected chi connectivity index (χ0v) is 12.6. The fraction of sp³-hybridized carbons (Fsp3) is 0.111. The van der Waals surface area contributed by atoms with E-state index in [1.54, 1.807) is 6.08 Å². The van der Waals surface area contributed by atoms with Gasteiger partial charge in [0.25, 0.3) is 0 Å². The minimum absolute atomic E-state index is 0.220. The van der Waals surface area contributed by atoms with Crippen LogP contribution in [0.4, 0.5) is 5.69 Å². The average Bonchev–Trinajstić information content (AvgIpc) is 3.00. The van der Waals surface area contributed by atoms with Crippen molar-refractivity contribution in [3.63, 3.8) is 0 Å². The molecule has 0 fully saturated rings. The lowest BCUT2D eigenvalue weighted by Gasteiger charge is -2.11. The number of carbonyl (C=O) groups excluding carboxylic acids is 1. The van der Waals surface area contributed by atoms with Gasteiger partial charge in [-0.15, -0.1) is 6.58 Å². The van der Waals surface area contributed by atoms with E-state index in [1.165, 1.54) is 0 Å². The summed E-state index contributed by atoms with van der Waals surface area (Å²) in [5, 5.41) is 8.29. The second-order valence-corrected chi connectivity index (χ2v) is 5.28. The van der Waals surface area contributed by atoms with Crippen molar-refractivity contribution in [2.75, 3.05) is 5.32 Å². The standard InChI is InChI=1S/C18H18N4O/c1-2-5-16(19)18(23)21-14-8-10-15(11-9-14)22-17-7-4-3-6-13(17)12-20-22/h2-4,6-12,16H,1,5,19H2,(H,21,23). The van der Waals surface area contributed by atoms with Gasteiger partial charge in [-0.2, -0.15) is 5.10 Å². The molecule has 116 valence electrons. The number of aromatic nitrogens is 2. The fourth-order valence-corrected chi connectivity index (χ4v) is 2.38. The predicted molar refractivity (Wildman–Crippen MR) is 92.5 cm³/mol. The second kappa shape index (κ2) is 6.46. The van der Waals surface area contributed by atoms with Crippen LogP contribution in [0.25, 0.3) is 16.6 Å². The molecule has 1 aromatic heterocycles. The lowest BCUT2D eigenvalue weighted by molar-refractivity contribution is -0.117. The van der Waals surface area contributed by atoms with Crippen LogP contribution in [0.3, 0.4) is 0 Å². The summed E-state index contributed by atoms with van der Waals surface area (Å²) in [6, 6.07) is 14.9. The van der Waals surface area contributed by atoms with Crippen molar-refractivity contribution in [1.82, 2.24) is 9.78 Å². The van der Waals surface area contributed by atoms with Gasteiger partial charge in [0.2, 0.25) is 5.91 Å². The lowest BCUT2D eigenvalue weighted by atomic mass is 10.2. The Labute approximate surface area is 134 Å². The Balaban J connectivity index is 1.80. The van der Waals surface area contributed by atoms with Gasteiger partial charge in [-0.05, 0) is 36.8 Å².